The highest BCUT2D eigenvalue weighted by Gasteiger charge is 2.45. The van der Waals surface area contributed by atoms with Crippen LogP contribution in [0, 0.1) is 0 Å². The number of benzene rings is 1. The molecule has 1 spiro atoms. The first-order valence-electron chi connectivity index (χ1n) is 10.1. The van der Waals surface area contributed by atoms with Gasteiger partial charge in [-0.3, -0.25) is 9.59 Å². The molecule has 1 N–H and O–H groups in total. The van der Waals surface area contributed by atoms with Crippen molar-refractivity contribution < 1.29 is 23.9 Å². The maximum absolute atomic E-state index is 13.0. The fourth-order valence-electron chi connectivity index (χ4n) is 4.00. The Morgan fingerprint density at radius 3 is 2.59 bits per heavy atom. The van der Waals surface area contributed by atoms with Gasteiger partial charge in [-0.1, -0.05) is 5.16 Å². The van der Waals surface area contributed by atoms with Crippen LogP contribution < -0.4 is 14.8 Å². The Morgan fingerprint density at radius 1 is 1.21 bits per heavy atom. The third kappa shape index (κ3) is 3.88. The van der Waals surface area contributed by atoms with Crippen LogP contribution in [0.2, 0.25) is 0 Å². The standard InChI is InChI=1S/C21H27N3O5/c1-27-15-6-7-16(18(12-15)28-2)20(26)24-10-8-21(9-11-24)13-17(23-29-21)19(25)22-14-4-3-5-14/h6-7,12,14H,3-5,8-11,13H2,1-2H3,(H,22,25). The second-order valence-corrected chi connectivity index (χ2v) is 7.95. The van der Waals surface area contributed by atoms with E-state index in [1.807, 2.05) is 0 Å². The molecular formula is C21H27N3O5. The molecule has 8 nitrogen and oxygen atoms in total. The van der Waals surface area contributed by atoms with Gasteiger partial charge in [-0.25, -0.2) is 0 Å². The molecule has 2 heterocycles. The quantitative estimate of drug-likeness (QED) is 0.816. The number of nitrogens with zero attached hydrogens (tertiary/aromatic N) is 2. The van der Waals surface area contributed by atoms with Crippen molar-refractivity contribution in [2.45, 2.75) is 50.2 Å². The van der Waals surface area contributed by atoms with Gasteiger partial charge in [-0.05, 0) is 31.4 Å². The maximum atomic E-state index is 13.0. The Labute approximate surface area is 170 Å². The van der Waals surface area contributed by atoms with E-state index in [-0.39, 0.29) is 17.9 Å². The number of amides is 2. The van der Waals surface area contributed by atoms with Gasteiger partial charge in [0, 0.05) is 44.5 Å². The minimum atomic E-state index is -0.479. The SMILES string of the molecule is COc1ccc(C(=O)N2CCC3(CC2)CC(C(=O)NC2CCC2)=NO3)c(OC)c1. The number of likely N-dealkylation sites (tertiary alicyclic amines) is 1. The van der Waals surface area contributed by atoms with Crippen LogP contribution >= 0.6 is 0 Å². The lowest BCUT2D eigenvalue weighted by Gasteiger charge is -2.37. The second-order valence-electron chi connectivity index (χ2n) is 7.95. The Kier molecular flexibility index (Phi) is 5.34. The Morgan fingerprint density at radius 2 is 1.97 bits per heavy atom. The number of carbonyl (C=O) groups is 2. The molecule has 2 fully saturated rings. The minimum absolute atomic E-state index is 0.0822. The molecule has 156 valence electrons. The molecule has 2 amide bonds. The first-order chi connectivity index (χ1) is 14.0. The fourth-order valence-corrected chi connectivity index (χ4v) is 4.00. The van der Waals surface area contributed by atoms with Gasteiger partial charge in [0.2, 0.25) is 0 Å². The molecule has 1 saturated carbocycles. The average Bonchev–Trinajstić information content (AvgIpc) is 3.13. The predicted molar refractivity (Wildman–Crippen MR) is 106 cm³/mol. The first kappa shape index (κ1) is 19.5. The zero-order valence-corrected chi connectivity index (χ0v) is 16.9. The van der Waals surface area contributed by atoms with Crippen LogP contribution in [0.25, 0.3) is 0 Å². The van der Waals surface area contributed by atoms with Gasteiger partial charge in [0.05, 0.1) is 19.8 Å². The van der Waals surface area contributed by atoms with Gasteiger partial charge in [-0.2, -0.15) is 0 Å². The van der Waals surface area contributed by atoms with Crippen LogP contribution in [-0.2, 0) is 9.63 Å². The lowest BCUT2D eigenvalue weighted by atomic mass is 9.86. The number of nitrogens with one attached hydrogen (secondary N) is 1. The normalized spacial score (nSPS) is 20.5. The van der Waals surface area contributed by atoms with Crippen LogP contribution in [0.1, 0.15) is 48.9 Å². The van der Waals surface area contributed by atoms with Crippen LogP contribution in [0.15, 0.2) is 23.4 Å². The Hall–Kier alpha value is -2.77. The van der Waals surface area contributed by atoms with E-state index >= 15 is 0 Å². The lowest BCUT2D eigenvalue weighted by Crippen LogP contribution is -2.48. The molecular weight excluding hydrogens is 374 g/mol. The molecule has 4 rings (SSSR count). The van der Waals surface area contributed by atoms with Crippen LogP contribution in [0.3, 0.4) is 0 Å². The number of hydrogen-bond acceptors (Lipinski definition) is 6. The molecule has 3 aliphatic rings. The Bertz CT molecular complexity index is 826. The third-order valence-electron chi connectivity index (χ3n) is 6.14. The van der Waals surface area contributed by atoms with Crippen molar-refractivity contribution in [2.24, 2.45) is 5.16 Å². The molecule has 1 aliphatic carbocycles. The van der Waals surface area contributed by atoms with Crippen molar-refractivity contribution in [3.8, 4) is 11.5 Å². The molecule has 1 saturated heterocycles. The summed E-state index contributed by atoms with van der Waals surface area (Å²) in [5, 5.41) is 7.08. The summed E-state index contributed by atoms with van der Waals surface area (Å²) in [6, 6.07) is 5.46. The lowest BCUT2D eigenvalue weighted by molar-refractivity contribution is -0.116. The summed E-state index contributed by atoms with van der Waals surface area (Å²) >= 11 is 0. The first-order valence-corrected chi connectivity index (χ1v) is 10.1. The van der Waals surface area contributed by atoms with E-state index in [4.69, 9.17) is 14.3 Å². The number of ether oxygens (including phenoxy) is 2. The number of hydrogen-bond donors (Lipinski definition) is 1. The molecule has 8 heteroatoms. The molecule has 1 aromatic rings. The summed E-state index contributed by atoms with van der Waals surface area (Å²) in [6.45, 7) is 1.09. The van der Waals surface area contributed by atoms with Gasteiger partial charge in [0.15, 0.2) is 0 Å². The summed E-state index contributed by atoms with van der Waals surface area (Å²) < 4.78 is 10.6. The number of rotatable bonds is 5. The van der Waals surface area contributed by atoms with Crippen LogP contribution in [-0.4, -0.2) is 61.4 Å². The smallest absolute Gasteiger partial charge is 0.269 e. The average molecular weight is 401 g/mol. The van der Waals surface area contributed by atoms with Crippen LogP contribution in [0.4, 0.5) is 0 Å². The summed E-state index contributed by atoms with van der Waals surface area (Å²) in [5.74, 6) is 0.930. The van der Waals surface area contributed by atoms with E-state index in [1.54, 1.807) is 30.2 Å². The summed E-state index contributed by atoms with van der Waals surface area (Å²) in [6.07, 6.45) is 5.02. The van der Waals surface area contributed by atoms with Crippen molar-refractivity contribution in [3.05, 3.63) is 23.8 Å². The molecule has 2 aliphatic heterocycles. The van der Waals surface area contributed by atoms with E-state index in [0.717, 1.165) is 12.8 Å². The molecule has 0 unspecified atom stereocenters. The topological polar surface area (TPSA) is 89.5 Å². The zero-order valence-electron chi connectivity index (χ0n) is 16.9. The number of piperidine rings is 1. The highest BCUT2D eigenvalue weighted by molar-refractivity contribution is 6.39. The molecule has 0 bridgehead atoms. The van der Waals surface area contributed by atoms with E-state index in [2.05, 4.69) is 10.5 Å². The monoisotopic (exact) mass is 401 g/mol. The summed E-state index contributed by atoms with van der Waals surface area (Å²) in [7, 11) is 3.11. The number of oxime groups is 1. The van der Waals surface area contributed by atoms with Crippen molar-refractivity contribution in [2.75, 3.05) is 27.3 Å². The van der Waals surface area contributed by atoms with E-state index in [0.29, 0.717) is 55.1 Å². The van der Waals surface area contributed by atoms with E-state index < -0.39 is 5.60 Å². The molecule has 1 aromatic carbocycles. The Balaban J connectivity index is 1.35. The molecule has 0 atom stereocenters. The minimum Gasteiger partial charge on any atom is -0.497 e. The van der Waals surface area contributed by atoms with Crippen molar-refractivity contribution in [1.29, 1.82) is 0 Å². The summed E-state index contributed by atoms with van der Waals surface area (Å²) in [5.41, 5.74) is 0.495. The molecule has 0 radical (unpaired) electrons. The number of methoxy groups -OCH3 is 2. The fraction of sp³-hybridized carbons (Fsp3) is 0.571. The van der Waals surface area contributed by atoms with Gasteiger partial charge in [0.1, 0.15) is 22.8 Å². The highest BCUT2D eigenvalue weighted by atomic mass is 16.7. The molecule has 0 aromatic heterocycles. The van der Waals surface area contributed by atoms with Gasteiger partial charge < -0.3 is 24.5 Å². The van der Waals surface area contributed by atoms with Gasteiger partial charge in [-0.15, -0.1) is 0 Å². The van der Waals surface area contributed by atoms with E-state index in [1.165, 1.54) is 13.5 Å². The zero-order chi connectivity index (χ0) is 20.4. The van der Waals surface area contributed by atoms with Crippen molar-refractivity contribution in [1.82, 2.24) is 10.2 Å². The third-order valence-corrected chi connectivity index (χ3v) is 6.14. The van der Waals surface area contributed by atoms with Gasteiger partial charge >= 0.3 is 0 Å². The van der Waals surface area contributed by atoms with Crippen molar-refractivity contribution in [3.63, 3.8) is 0 Å². The summed E-state index contributed by atoms with van der Waals surface area (Å²) in [4.78, 5) is 32.8. The van der Waals surface area contributed by atoms with Crippen molar-refractivity contribution >= 4 is 17.5 Å². The predicted octanol–water partition coefficient (Wildman–Crippen LogP) is 2.12. The molecule has 29 heavy (non-hydrogen) atoms. The van der Waals surface area contributed by atoms with E-state index in [9.17, 15) is 9.59 Å². The highest BCUT2D eigenvalue weighted by Crippen LogP contribution is 2.36. The van der Waals surface area contributed by atoms with Gasteiger partial charge in [0.25, 0.3) is 11.8 Å². The second kappa shape index (κ2) is 7.93. The van der Waals surface area contributed by atoms with Crippen LogP contribution in [0.5, 0.6) is 11.5 Å². The number of carbonyl (C=O) groups excluding carboxylic acids is 2. The maximum Gasteiger partial charge on any atom is 0.269 e. The largest absolute Gasteiger partial charge is 0.497 e.